The van der Waals surface area contributed by atoms with Gasteiger partial charge in [-0.05, 0) is 25.0 Å². The number of carbonyl (C=O) groups excluding carboxylic acids is 1. The number of alkyl halides is 2. The topological polar surface area (TPSA) is 59.8 Å². The fraction of sp³-hybridized carbons (Fsp3) is 0.438. The molecule has 1 saturated carbocycles. The number of hydrogen-bond acceptors (Lipinski definition) is 3. The molecule has 23 heavy (non-hydrogen) atoms. The van der Waals surface area contributed by atoms with Crippen molar-refractivity contribution in [1.29, 1.82) is 0 Å². The van der Waals surface area contributed by atoms with Gasteiger partial charge in [0.15, 0.2) is 0 Å². The lowest BCUT2D eigenvalue weighted by atomic mass is 10.0. The van der Waals surface area contributed by atoms with E-state index >= 15 is 0 Å². The molecular formula is C16H18F2N4O. The van der Waals surface area contributed by atoms with Gasteiger partial charge in [-0.2, -0.15) is 0 Å². The second kappa shape index (κ2) is 6.06. The van der Waals surface area contributed by atoms with Crippen molar-refractivity contribution in [2.75, 3.05) is 5.32 Å². The fourth-order valence-electron chi connectivity index (χ4n) is 2.92. The first-order chi connectivity index (χ1) is 10.9. The molecule has 0 spiro atoms. The molecule has 0 bridgehead atoms. The maximum atomic E-state index is 13.6. The summed E-state index contributed by atoms with van der Waals surface area (Å²) in [4.78, 5) is 12.0. The summed E-state index contributed by atoms with van der Waals surface area (Å²) in [7, 11) is 1.77. The Balaban J connectivity index is 1.67. The van der Waals surface area contributed by atoms with Gasteiger partial charge < -0.3 is 5.32 Å². The van der Waals surface area contributed by atoms with E-state index in [1.165, 1.54) is 0 Å². The third-order valence-corrected chi connectivity index (χ3v) is 4.14. The van der Waals surface area contributed by atoms with E-state index in [4.69, 9.17) is 0 Å². The Morgan fingerprint density at radius 2 is 2.30 bits per heavy atom. The number of amides is 1. The lowest BCUT2D eigenvalue weighted by molar-refractivity contribution is -0.120. The highest BCUT2D eigenvalue weighted by Gasteiger charge is 2.44. The van der Waals surface area contributed by atoms with Crippen molar-refractivity contribution < 1.29 is 13.6 Å². The molecule has 1 aliphatic carbocycles. The molecule has 1 aliphatic rings. The second-order valence-electron chi connectivity index (χ2n) is 5.96. The van der Waals surface area contributed by atoms with Crippen molar-refractivity contribution in [3.63, 3.8) is 0 Å². The van der Waals surface area contributed by atoms with E-state index in [0.717, 1.165) is 5.56 Å². The number of nitrogens with zero attached hydrogens (tertiary/aromatic N) is 3. The van der Waals surface area contributed by atoms with Crippen LogP contribution in [-0.4, -0.2) is 26.8 Å². The summed E-state index contributed by atoms with van der Waals surface area (Å²) in [5.74, 6) is -3.96. The molecule has 122 valence electrons. The molecule has 1 N–H and O–H groups in total. The first-order valence-electron chi connectivity index (χ1n) is 7.58. The minimum absolute atomic E-state index is 0.118. The van der Waals surface area contributed by atoms with Gasteiger partial charge in [0.1, 0.15) is 5.69 Å². The van der Waals surface area contributed by atoms with Crippen molar-refractivity contribution in [1.82, 2.24) is 15.0 Å². The van der Waals surface area contributed by atoms with Crippen LogP contribution in [0.4, 0.5) is 14.5 Å². The summed E-state index contributed by atoms with van der Waals surface area (Å²) < 4.78 is 28.8. The van der Waals surface area contributed by atoms with E-state index in [1.54, 1.807) is 36.1 Å². The molecule has 3 rings (SSSR count). The van der Waals surface area contributed by atoms with Gasteiger partial charge >= 0.3 is 0 Å². The van der Waals surface area contributed by atoms with Crippen LogP contribution in [0.3, 0.4) is 0 Å². The number of rotatable bonds is 4. The van der Waals surface area contributed by atoms with E-state index in [1.807, 2.05) is 6.07 Å². The fourth-order valence-corrected chi connectivity index (χ4v) is 2.92. The third-order valence-electron chi connectivity index (χ3n) is 4.14. The number of anilines is 1. The lowest BCUT2D eigenvalue weighted by Crippen LogP contribution is -2.26. The van der Waals surface area contributed by atoms with Crippen LogP contribution < -0.4 is 5.32 Å². The number of benzene rings is 1. The van der Waals surface area contributed by atoms with Crippen LogP contribution in [0, 0.1) is 5.92 Å². The van der Waals surface area contributed by atoms with Crippen molar-refractivity contribution >= 4 is 11.6 Å². The summed E-state index contributed by atoms with van der Waals surface area (Å²) in [6, 6.07) is 7.12. The average Bonchev–Trinajstić information content (AvgIpc) is 3.06. The summed E-state index contributed by atoms with van der Waals surface area (Å²) in [5, 5.41) is 10.6. The van der Waals surface area contributed by atoms with Crippen molar-refractivity contribution in [3.8, 4) is 11.3 Å². The standard InChI is InChI=1S/C16H18F2N4O/c1-22-10-14(20-21-22)11-4-2-6-13(8-11)19-15(23)9-12-5-3-7-16(12,17)18/h2,4,6,8,10,12H,3,5,7,9H2,1H3,(H,19,23). The zero-order valence-corrected chi connectivity index (χ0v) is 12.8. The summed E-state index contributed by atoms with van der Waals surface area (Å²) in [6.07, 6.45) is 2.38. The predicted molar refractivity (Wildman–Crippen MR) is 82.0 cm³/mol. The number of nitrogens with one attached hydrogen (secondary N) is 1. The SMILES string of the molecule is Cn1cc(-c2cccc(NC(=O)CC3CCCC3(F)F)c2)nn1. The highest BCUT2D eigenvalue weighted by atomic mass is 19.3. The molecule has 2 aromatic rings. The van der Waals surface area contributed by atoms with Crippen LogP contribution in [0.15, 0.2) is 30.5 Å². The van der Waals surface area contributed by atoms with E-state index < -0.39 is 11.8 Å². The van der Waals surface area contributed by atoms with Gasteiger partial charge in [-0.25, -0.2) is 8.78 Å². The molecule has 0 radical (unpaired) electrons. The number of aromatic nitrogens is 3. The average molecular weight is 320 g/mol. The van der Waals surface area contributed by atoms with E-state index in [0.29, 0.717) is 24.2 Å². The van der Waals surface area contributed by atoms with Crippen molar-refractivity contribution in [2.24, 2.45) is 13.0 Å². The van der Waals surface area contributed by atoms with Crippen LogP contribution in [0.5, 0.6) is 0 Å². The molecule has 1 unspecified atom stereocenters. The van der Waals surface area contributed by atoms with Gasteiger partial charge in [-0.1, -0.05) is 17.3 Å². The maximum Gasteiger partial charge on any atom is 0.251 e. The summed E-state index contributed by atoms with van der Waals surface area (Å²) in [6.45, 7) is 0. The molecule has 1 atom stereocenters. The van der Waals surface area contributed by atoms with Gasteiger partial charge in [0.05, 0.1) is 6.20 Å². The minimum Gasteiger partial charge on any atom is -0.326 e. The van der Waals surface area contributed by atoms with Crippen LogP contribution in [0.25, 0.3) is 11.3 Å². The summed E-state index contributed by atoms with van der Waals surface area (Å²) in [5.41, 5.74) is 2.06. The molecule has 1 heterocycles. The van der Waals surface area contributed by atoms with Crippen LogP contribution in [-0.2, 0) is 11.8 Å². The predicted octanol–water partition coefficient (Wildman–Crippen LogP) is 3.25. The highest BCUT2D eigenvalue weighted by Crippen LogP contribution is 2.42. The van der Waals surface area contributed by atoms with Crippen molar-refractivity contribution in [2.45, 2.75) is 31.6 Å². The maximum absolute atomic E-state index is 13.6. The normalized spacial score (nSPS) is 19.7. The number of carbonyl (C=O) groups is 1. The monoisotopic (exact) mass is 320 g/mol. The molecule has 1 aromatic carbocycles. The molecule has 0 aliphatic heterocycles. The molecular weight excluding hydrogens is 302 g/mol. The van der Waals surface area contributed by atoms with Gasteiger partial charge in [0, 0.05) is 37.1 Å². The first-order valence-corrected chi connectivity index (χ1v) is 7.58. The van der Waals surface area contributed by atoms with Crippen molar-refractivity contribution in [3.05, 3.63) is 30.5 Å². The number of halogens is 2. The zero-order valence-electron chi connectivity index (χ0n) is 12.8. The third kappa shape index (κ3) is 3.55. The molecule has 0 saturated heterocycles. The highest BCUT2D eigenvalue weighted by molar-refractivity contribution is 5.91. The van der Waals surface area contributed by atoms with Gasteiger partial charge in [0.2, 0.25) is 5.91 Å². The van der Waals surface area contributed by atoms with Gasteiger partial charge in [-0.15, -0.1) is 5.10 Å². The van der Waals surface area contributed by atoms with E-state index in [9.17, 15) is 13.6 Å². The summed E-state index contributed by atoms with van der Waals surface area (Å²) >= 11 is 0. The van der Waals surface area contributed by atoms with Crippen LogP contribution >= 0.6 is 0 Å². The van der Waals surface area contributed by atoms with Crippen LogP contribution in [0.2, 0.25) is 0 Å². The van der Waals surface area contributed by atoms with E-state index in [2.05, 4.69) is 15.6 Å². The Labute approximate surface area is 132 Å². The number of aryl methyl sites for hydroxylation is 1. The second-order valence-corrected chi connectivity index (χ2v) is 5.96. The minimum atomic E-state index is -2.72. The molecule has 5 nitrogen and oxygen atoms in total. The smallest absolute Gasteiger partial charge is 0.251 e. The van der Waals surface area contributed by atoms with Gasteiger partial charge in [-0.3, -0.25) is 9.48 Å². The van der Waals surface area contributed by atoms with Crippen LogP contribution in [0.1, 0.15) is 25.7 Å². The Morgan fingerprint density at radius 3 is 2.96 bits per heavy atom. The Hall–Kier alpha value is -2.31. The Kier molecular flexibility index (Phi) is 4.11. The molecule has 1 aromatic heterocycles. The molecule has 1 fully saturated rings. The van der Waals surface area contributed by atoms with E-state index in [-0.39, 0.29) is 18.7 Å². The zero-order chi connectivity index (χ0) is 16.4. The molecule has 7 heteroatoms. The van der Waals surface area contributed by atoms with Gasteiger partial charge in [0.25, 0.3) is 5.92 Å². The number of hydrogen-bond donors (Lipinski definition) is 1. The molecule has 1 amide bonds. The lowest BCUT2D eigenvalue weighted by Gasteiger charge is -2.18. The largest absolute Gasteiger partial charge is 0.326 e. The quantitative estimate of drug-likeness (QED) is 0.941. The first kappa shape index (κ1) is 15.6. The Morgan fingerprint density at radius 1 is 1.48 bits per heavy atom. The Bertz CT molecular complexity index is 714.